The number of nitrogens with zero attached hydrogens (tertiary/aromatic N) is 2. The van der Waals surface area contributed by atoms with Gasteiger partial charge in [-0.05, 0) is 63.1 Å². The first-order valence-electron chi connectivity index (χ1n) is 9.84. The van der Waals surface area contributed by atoms with Crippen LogP contribution in [0.5, 0.6) is 0 Å². The first kappa shape index (κ1) is 20.9. The standard InChI is InChI=1S/C22H26FN3O3/c1-15(2)29-14-21(27)26-11-3-4-17(13-26)20-10-5-16(12-24-20)22(28)25-19-8-6-18(23)7-9-19/h5-10,12,15,17H,3-4,11,13-14H2,1-2H3,(H,25,28). The zero-order chi connectivity index (χ0) is 20.8. The number of likely N-dealkylation sites (tertiary alicyclic amines) is 1. The van der Waals surface area contributed by atoms with Crippen molar-refractivity contribution < 1.29 is 18.7 Å². The molecule has 6 nitrogen and oxygen atoms in total. The number of piperidine rings is 1. The molecule has 154 valence electrons. The Bertz CT molecular complexity index is 837. The molecule has 29 heavy (non-hydrogen) atoms. The number of rotatable bonds is 6. The molecular weight excluding hydrogens is 373 g/mol. The molecule has 0 spiro atoms. The van der Waals surface area contributed by atoms with Crippen LogP contribution in [0.25, 0.3) is 0 Å². The summed E-state index contributed by atoms with van der Waals surface area (Å²) in [6.45, 7) is 5.25. The Morgan fingerprint density at radius 3 is 2.66 bits per heavy atom. The number of hydrogen-bond acceptors (Lipinski definition) is 4. The number of hydrogen-bond donors (Lipinski definition) is 1. The summed E-state index contributed by atoms with van der Waals surface area (Å²) in [6.07, 6.45) is 3.42. The fourth-order valence-corrected chi connectivity index (χ4v) is 3.29. The van der Waals surface area contributed by atoms with Crippen molar-refractivity contribution in [2.24, 2.45) is 0 Å². The number of amides is 2. The lowest BCUT2D eigenvalue weighted by molar-refractivity contribution is -0.138. The minimum atomic E-state index is -0.357. The van der Waals surface area contributed by atoms with Gasteiger partial charge < -0.3 is 15.0 Å². The van der Waals surface area contributed by atoms with Gasteiger partial charge in [0.05, 0.1) is 11.7 Å². The van der Waals surface area contributed by atoms with Crippen molar-refractivity contribution in [3.63, 3.8) is 0 Å². The Balaban J connectivity index is 1.59. The normalized spacial score (nSPS) is 16.7. The molecule has 0 aliphatic carbocycles. The lowest BCUT2D eigenvalue weighted by Gasteiger charge is -2.32. The van der Waals surface area contributed by atoms with E-state index in [1.165, 1.54) is 30.5 Å². The number of anilines is 1. The molecule has 1 N–H and O–H groups in total. The van der Waals surface area contributed by atoms with Gasteiger partial charge in [0.25, 0.3) is 5.91 Å². The largest absolute Gasteiger partial charge is 0.369 e. The maximum atomic E-state index is 13.0. The van der Waals surface area contributed by atoms with Gasteiger partial charge in [0.1, 0.15) is 12.4 Å². The van der Waals surface area contributed by atoms with E-state index in [2.05, 4.69) is 10.3 Å². The van der Waals surface area contributed by atoms with Crippen molar-refractivity contribution in [3.05, 3.63) is 59.7 Å². The van der Waals surface area contributed by atoms with Crippen molar-refractivity contribution in [2.45, 2.75) is 38.7 Å². The van der Waals surface area contributed by atoms with Crippen LogP contribution < -0.4 is 5.32 Å². The smallest absolute Gasteiger partial charge is 0.257 e. The monoisotopic (exact) mass is 399 g/mol. The minimum Gasteiger partial charge on any atom is -0.369 e. The van der Waals surface area contributed by atoms with Crippen LogP contribution >= 0.6 is 0 Å². The number of aromatic nitrogens is 1. The maximum Gasteiger partial charge on any atom is 0.257 e. The highest BCUT2D eigenvalue weighted by Crippen LogP contribution is 2.26. The van der Waals surface area contributed by atoms with Gasteiger partial charge in [0.2, 0.25) is 5.91 Å². The van der Waals surface area contributed by atoms with Gasteiger partial charge in [-0.1, -0.05) is 0 Å². The molecule has 2 amide bonds. The Kier molecular flexibility index (Phi) is 6.93. The van der Waals surface area contributed by atoms with E-state index in [9.17, 15) is 14.0 Å². The molecule has 2 heterocycles. The van der Waals surface area contributed by atoms with Gasteiger partial charge in [-0.25, -0.2) is 4.39 Å². The second kappa shape index (κ2) is 9.60. The molecule has 0 radical (unpaired) electrons. The first-order valence-corrected chi connectivity index (χ1v) is 9.84. The number of carbonyl (C=O) groups is 2. The van der Waals surface area contributed by atoms with Crippen LogP contribution in [0, 0.1) is 5.82 Å². The fraction of sp³-hybridized carbons (Fsp3) is 0.409. The Labute approximate surface area is 170 Å². The highest BCUT2D eigenvalue weighted by Gasteiger charge is 2.25. The molecule has 1 atom stereocenters. The van der Waals surface area contributed by atoms with Gasteiger partial charge in [-0.3, -0.25) is 14.6 Å². The highest BCUT2D eigenvalue weighted by atomic mass is 19.1. The Morgan fingerprint density at radius 1 is 1.24 bits per heavy atom. The van der Waals surface area contributed by atoms with Gasteiger partial charge in [-0.15, -0.1) is 0 Å². The summed E-state index contributed by atoms with van der Waals surface area (Å²) in [4.78, 5) is 30.9. The third-order valence-electron chi connectivity index (χ3n) is 4.88. The fourth-order valence-electron chi connectivity index (χ4n) is 3.29. The second-order valence-corrected chi connectivity index (χ2v) is 7.47. The number of ether oxygens (including phenoxy) is 1. The minimum absolute atomic E-state index is 0.00121. The number of nitrogens with one attached hydrogen (secondary N) is 1. The van der Waals surface area contributed by atoms with E-state index in [0.717, 1.165) is 25.1 Å². The molecule has 1 aliphatic heterocycles. The molecule has 1 saturated heterocycles. The van der Waals surface area contributed by atoms with Gasteiger partial charge >= 0.3 is 0 Å². The zero-order valence-corrected chi connectivity index (χ0v) is 16.7. The molecule has 0 bridgehead atoms. The number of carbonyl (C=O) groups excluding carboxylic acids is 2. The molecule has 3 rings (SSSR count). The van der Waals surface area contributed by atoms with Crippen molar-refractivity contribution in [1.82, 2.24) is 9.88 Å². The van der Waals surface area contributed by atoms with Crippen molar-refractivity contribution >= 4 is 17.5 Å². The lowest BCUT2D eigenvalue weighted by atomic mass is 9.94. The number of benzene rings is 1. The van der Waals surface area contributed by atoms with E-state index in [-0.39, 0.29) is 36.3 Å². The molecule has 1 fully saturated rings. The lowest BCUT2D eigenvalue weighted by Crippen LogP contribution is -2.41. The average Bonchev–Trinajstić information content (AvgIpc) is 2.74. The van der Waals surface area contributed by atoms with E-state index >= 15 is 0 Å². The molecule has 7 heteroatoms. The Morgan fingerprint density at radius 2 is 2.00 bits per heavy atom. The molecule has 1 aromatic heterocycles. The van der Waals surface area contributed by atoms with Gasteiger partial charge in [-0.2, -0.15) is 0 Å². The number of halogens is 1. The summed E-state index contributed by atoms with van der Waals surface area (Å²) >= 11 is 0. The molecule has 1 aromatic carbocycles. The predicted molar refractivity (Wildman–Crippen MR) is 108 cm³/mol. The van der Waals surface area contributed by atoms with E-state index in [1.54, 1.807) is 6.07 Å². The van der Waals surface area contributed by atoms with Gasteiger partial charge in [0.15, 0.2) is 0 Å². The summed E-state index contributed by atoms with van der Waals surface area (Å²) in [7, 11) is 0. The maximum absolute atomic E-state index is 13.0. The third-order valence-corrected chi connectivity index (χ3v) is 4.88. The summed E-state index contributed by atoms with van der Waals surface area (Å²) < 4.78 is 18.4. The van der Waals surface area contributed by atoms with Crippen LogP contribution in [-0.2, 0) is 9.53 Å². The summed E-state index contributed by atoms with van der Waals surface area (Å²) in [5, 5.41) is 2.72. The molecule has 2 aromatic rings. The van der Waals surface area contributed by atoms with Crippen molar-refractivity contribution in [1.29, 1.82) is 0 Å². The van der Waals surface area contributed by atoms with E-state index in [0.29, 0.717) is 17.8 Å². The summed E-state index contributed by atoms with van der Waals surface area (Å²) in [6, 6.07) is 9.16. The van der Waals surface area contributed by atoms with Gasteiger partial charge in [0, 0.05) is 36.6 Å². The van der Waals surface area contributed by atoms with Crippen LogP contribution in [-0.4, -0.2) is 47.5 Å². The van der Waals surface area contributed by atoms with E-state index < -0.39 is 0 Å². The van der Waals surface area contributed by atoms with Crippen LogP contribution in [0.15, 0.2) is 42.6 Å². The predicted octanol–water partition coefficient (Wildman–Crippen LogP) is 3.60. The Hall–Kier alpha value is -2.80. The topological polar surface area (TPSA) is 71.5 Å². The molecule has 1 unspecified atom stereocenters. The average molecular weight is 399 g/mol. The summed E-state index contributed by atoms with van der Waals surface area (Å²) in [5.74, 6) is -0.522. The van der Waals surface area contributed by atoms with Crippen LogP contribution in [0.1, 0.15) is 48.7 Å². The second-order valence-electron chi connectivity index (χ2n) is 7.47. The third kappa shape index (κ3) is 5.84. The summed E-state index contributed by atoms with van der Waals surface area (Å²) in [5.41, 5.74) is 1.81. The van der Waals surface area contributed by atoms with Crippen molar-refractivity contribution in [2.75, 3.05) is 25.0 Å². The van der Waals surface area contributed by atoms with E-state index in [4.69, 9.17) is 4.74 Å². The number of pyridine rings is 1. The molecule has 1 aliphatic rings. The zero-order valence-electron chi connectivity index (χ0n) is 16.7. The van der Waals surface area contributed by atoms with E-state index in [1.807, 2.05) is 24.8 Å². The molecular formula is C22H26FN3O3. The van der Waals surface area contributed by atoms with Crippen molar-refractivity contribution in [3.8, 4) is 0 Å². The molecule has 0 saturated carbocycles. The van der Waals surface area contributed by atoms with Crippen LogP contribution in [0.4, 0.5) is 10.1 Å². The SMILES string of the molecule is CC(C)OCC(=O)N1CCCC(c2ccc(C(=O)Nc3ccc(F)cc3)cn2)C1. The first-order chi connectivity index (χ1) is 13.9. The quantitative estimate of drug-likeness (QED) is 0.806. The van der Waals surface area contributed by atoms with Crippen LogP contribution in [0.3, 0.4) is 0 Å². The highest BCUT2D eigenvalue weighted by molar-refractivity contribution is 6.04. The van der Waals surface area contributed by atoms with Crippen LogP contribution in [0.2, 0.25) is 0 Å².